The number of anilines is 1. The number of carboxylic acids is 2. The van der Waals surface area contributed by atoms with Crippen LogP contribution in [0.4, 0.5) is 32.0 Å². The number of hydrogen-bond donors (Lipinski definition) is 3. The third kappa shape index (κ3) is 8.13. The zero-order valence-corrected chi connectivity index (χ0v) is 26.0. The van der Waals surface area contributed by atoms with Crippen molar-refractivity contribution >= 4 is 55.9 Å². The summed E-state index contributed by atoms with van der Waals surface area (Å²) >= 11 is 6.35. The maximum absolute atomic E-state index is 12.3. The molecule has 3 aromatic heterocycles. The predicted molar refractivity (Wildman–Crippen MR) is 156 cm³/mol. The topological polar surface area (TPSA) is 170 Å². The van der Waals surface area contributed by atoms with Crippen LogP contribution in [0.1, 0.15) is 43.1 Å². The maximum Gasteiger partial charge on any atom is 0.490 e. The average molecular weight is 713 g/mol. The highest BCUT2D eigenvalue weighted by Gasteiger charge is 2.43. The number of aliphatic carboxylic acids is 2. The van der Waals surface area contributed by atoms with Crippen LogP contribution in [-0.2, 0) is 32.6 Å². The van der Waals surface area contributed by atoms with Gasteiger partial charge in [-0.2, -0.15) is 30.6 Å². The zero-order valence-electron chi connectivity index (χ0n) is 24.5. The molecule has 0 amide bonds. The van der Waals surface area contributed by atoms with Crippen molar-refractivity contribution in [1.29, 1.82) is 0 Å². The summed E-state index contributed by atoms with van der Waals surface area (Å²) in [6, 6.07) is 4.10. The van der Waals surface area contributed by atoms with Gasteiger partial charge in [-0.3, -0.25) is 0 Å². The van der Waals surface area contributed by atoms with Gasteiger partial charge in [0, 0.05) is 48.2 Å². The van der Waals surface area contributed by atoms with Gasteiger partial charge < -0.3 is 20.1 Å². The van der Waals surface area contributed by atoms with Crippen LogP contribution in [0.25, 0.3) is 16.6 Å². The molecule has 2 bridgehead atoms. The molecule has 3 N–H and O–H groups in total. The van der Waals surface area contributed by atoms with E-state index in [1.54, 1.807) is 10.6 Å². The number of hydrogen-bond acceptors (Lipinski definition) is 8. The molecule has 2 unspecified atom stereocenters. The number of pyridine rings is 1. The van der Waals surface area contributed by atoms with Crippen LogP contribution in [0.3, 0.4) is 0 Å². The molecule has 3 atom stereocenters. The van der Waals surface area contributed by atoms with Crippen molar-refractivity contribution in [2.75, 3.05) is 11.2 Å². The summed E-state index contributed by atoms with van der Waals surface area (Å²) in [5.41, 5.74) is 6.08. The molecule has 20 heteroatoms. The first-order valence-electron chi connectivity index (χ1n) is 13.7. The van der Waals surface area contributed by atoms with Crippen molar-refractivity contribution in [3.8, 4) is 0 Å². The highest BCUT2D eigenvalue weighted by atomic mass is 35.5. The van der Waals surface area contributed by atoms with E-state index in [9.17, 15) is 34.8 Å². The number of rotatable bonds is 3. The molecule has 6 heterocycles. The summed E-state index contributed by atoms with van der Waals surface area (Å²) in [5.74, 6) is -5.51. The molecule has 0 saturated carbocycles. The largest absolute Gasteiger partial charge is 0.490 e. The highest BCUT2D eigenvalue weighted by Crippen LogP contribution is 2.42. The number of halogens is 7. The molecule has 256 valence electrons. The van der Waals surface area contributed by atoms with Gasteiger partial charge in [0.05, 0.1) is 23.3 Å². The van der Waals surface area contributed by atoms with E-state index in [-0.39, 0.29) is 18.1 Å². The van der Waals surface area contributed by atoms with Crippen LogP contribution in [0.5, 0.6) is 0 Å². The van der Waals surface area contributed by atoms with E-state index in [0.717, 1.165) is 58.5 Å². The number of nitrogens with one attached hydrogen (secondary N) is 1. The predicted octanol–water partition coefficient (Wildman–Crippen LogP) is 4.80. The van der Waals surface area contributed by atoms with Crippen LogP contribution in [-0.4, -0.2) is 91.5 Å². The van der Waals surface area contributed by atoms with Gasteiger partial charge >= 0.3 is 24.3 Å². The Kier molecular flexibility index (Phi) is 10.1. The van der Waals surface area contributed by atoms with Crippen LogP contribution in [0, 0.1) is 0 Å². The number of carboxylic acid groups (broad SMARTS) is 2. The van der Waals surface area contributed by atoms with Crippen molar-refractivity contribution < 1.29 is 54.6 Å². The monoisotopic (exact) mass is 712 g/mol. The second-order valence-corrected chi connectivity index (χ2v) is 13.2. The van der Waals surface area contributed by atoms with Crippen molar-refractivity contribution in [1.82, 2.24) is 24.2 Å². The SMILES string of the molecule is C[C@@H]1Cc2ncnc(C3=CC4CCC(C3)N4S(C)(=O)=O)c2CN1c1cc(Cl)nc2[nH]ccc12.O=C(O)C(F)(F)F.O=C(O)C(F)(F)F. The average Bonchev–Trinajstić information content (AvgIpc) is 3.53. The lowest BCUT2D eigenvalue weighted by atomic mass is 9.91. The summed E-state index contributed by atoms with van der Waals surface area (Å²) in [6.07, 6.45) is 0.0141. The third-order valence-corrected chi connectivity index (χ3v) is 9.20. The molecule has 47 heavy (non-hydrogen) atoms. The molecule has 0 radical (unpaired) electrons. The number of sulfonamides is 1. The first-order chi connectivity index (χ1) is 21.7. The van der Waals surface area contributed by atoms with Crippen LogP contribution in [0.15, 0.2) is 30.7 Å². The fraction of sp³-hybridized carbons (Fsp3) is 0.444. The minimum atomic E-state index is -5.08. The Balaban J connectivity index is 0.000000301. The summed E-state index contributed by atoms with van der Waals surface area (Å²) in [6.45, 7) is 2.86. The quantitative estimate of drug-likeness (QED) is 0.253. The molecule has 1 fully saturated rings. The van der Waals surface area contributed by atoms with Crippen molar-refractivity contribution in [2.24, 2.45) is 0 Å². The Bertz CT molecular complexity index is 1790. The van der Waals surface area contributed by atoms with Gasteiger partial charge in [0.1, 0.15) is 17.1 Å². The molecule has 12 nitrogen and oxygen atoms in total. The van der Waals surface area contributed by atoms with Crippen molar-refractivity contribution in [2.45, 2.75) is 69.6 Å². The lowest BCUT2D eigenvalue weighted by Gasteiger charge is -2.38. The zero-order chi connectivity index (χ0) is 35.1. The normalized spacial score (nSPS) is 21.2. The van der Waals surface area contributed by atoms with Gasteiger partial charge in [0.25, 0.3) is 0 Å². The third-order valence-electron chi connectivity index (χ3n) is 7.67. The van der Waals surface area contributed by atoms with Gasteiger partial charge in [-0.05, 0) is 43.9 Å². The van der Waals surface area contributed by atoms with Crippen molar-refractivity contribution in [3.05, 3.63) is 52.8 Å². The summed E-state index contributed by atoms with van der Waals surface area (Å²) in [4.78, 5) is 37.0. The van der Waals surface area contributed by atoms with E-state index in [4.69, 9.17) is 36.4 Å². The second kappa shape index (κ2) is 13.3. The van der Waals surface area contributed by atoms with Gasteiger partial charge in [-0.1, -0.05) is 17.7 Å². The number of aromatic amines is 1. The number of alkyl halides is 6. The standard InChI is InChI=1S/C23H25ClN6O2S.2C2HF3O2/c1-13-7-19-18(11-29(13)20-10-21(24)28-23-17(20)5-6-25-23)22(27-12-26-19)14-8-15-3-4-16(9-14)30(15)33(2,31)32;2*3-2(4,5)1(6)7/h5-6,8,10,12-13,15-16H,3-4,7,9,11H2,1-2H3,(H,25,28);2*(H,6,7)/t13-,15?,16?;;/m1../s1. The second-order valence-electron chi connectivity index (χ2n) is 10.9. The first kappa shape index (κ1) is 35.9. The molecule has 3 aliphatic heterocycles. The Hall–Kier alpha value is -3.97. The molecule has 1 saturated heterocycles. The van der Waals surface area contributed by atoms with Gasteiger partial charge in [0.2, 0.25) is 10.0 Å². The molecular weight excluding hydrogens is 686 g/mol. The van der Waals surface area contributed by atoms with E-state index in [2.05, 4.69) is 32.9 Å². The number of fused-ring (bicyclic) bond motifs is 4. The lowest BCUT2D eigenvalue weighted by Crippen LogP contribution is -2.43. The maximum atomic E-state index is 12.3. The summed E-state index contributed by atoms with van der Waals surface area (Å²) in [5, 5.41) is 15.7. The Morgan fingerprint density at radius 1 is 1.04 bits per heavy atom. The molecule has 0 aromatic carbocycles. The van der Waals surface area contributed by atoms with Gasteiger partial charge in [-0.15, -0.1) is 0 Å². The Morgan fingerprint density at radius 2 is 1.66 bits per heavy atom. The molecule has 6 rings (SSSR count). The van der Waals surface area contributed by atoms with Crippen LogP contribution >= 0.6 is 11.6 Å². The smallest absolute Gasteiger partial charge is 0.475 e. The van der Waals surface area contributed by atoms with E-state index < -0.39 is 34.3 Å². The highest BCUT2D eigenvalue weighted by molar-refractivity contribution is 7.88. The fourth-order valence-electron chi connectivity index (χ4n) is 5.82. The number of nitrogens with zero attached hydrogens (tertiary/aromatic N) is 5. The van der Waals surface area contributed by atoms with E-state index in [0.29, 0.717) is 18.1 Å². The van der Waals surface area contributed by atoms with Crippen LogP contribution in [0.2, 0.25) is 5.15 Å². The summed E-state index contributed by atoms with van der Waals surface area (Å²) in [7, 11) is -3.23. The van der Waals surface area contributed by atoms with Crippen molar-refractivity contribution in [3.63, 3.8) is 0 Å². The molecular formula is C27H27ClF6N6O6S. The number of H-pyrrole nitrogens is 1. The van der Waals surface area contributed by atoms with E-state index >= 15 is 0 Å². The summed E-state index contributed by atoms with van der Waals surface area (Å²) < 4.78 is 89.8. The Morgan fingerprint density at radius 3 is 2.21 bits per heavy atom. The number of aromatic nitrogens is 4. The lowest BCUT2D eigenvalue weighted by molar-refractivity contribution is -0.193. The minimum Gasteiger partial charge on any atom is -0.475 e. The molecule has 0 aliphatic carbocycles. The van der Waals surface area contributed by atoms with Gasteiger partial charge in [0.15, 0.2) is 0 Å². The van der Waals surface area contributed by atoms with E-state index in [1.165, 1.54) is 6.26 Å². The van der Waals surface area contributed by atoms with Gasteiger partial charge in [-0.25, -0.2) is 33.0 Å². The first-order valence-corrected chi connectivity index (χ1v) is 15.9. The molecule has 3 aromatic rings. The number of carbonyl (C=O) groups is 2. The molecule has 0 spiro atoms. The fourth-order valence-corrected chi connectivity index (χ4v) is 7.38. The Labute approximate surface area is 268 Å². The van der Waals surface area contributed by atoms with E-state index in [1.807, 2.05) is 18.3 Å². The van der Waals surface area contributed by atoms with Crippen LogP contribution < -0.4 is 4.90 Å². The molecule has 3 aliphatic rings. The minimum absolute atomic E-state index is 0.00715.